The summed E-state index contributed by atoms with van der Waals surface area (Å²) in [5.74, 6) is 0.0653. The van der Waals surface area contributed by atoms with E-state index in [2.05, 4.69) is 4.90 Å². The van der Waals surface area contributed by atoms with Gasteiger partial charge in [-0.3, -0.25) is 9.69 Å². The SMILES string of the molecule is Cl.O=C(O)[C@@H]1CC2CCN1CC2. The summed E-state index contributed by atoms with van der Waals surface area (Å²) in [7, 11) is 0. The molecule has 3 fully saturated rings. The van der Waals surface area contributed by atoms with Gasteiger partial charge in [-0.05, 0) is 38.3 Å². The zero-order valence-electron chi connectivity index (χ0n) is 6.90. The summed E-state index contributed by atoms with van der Waals surface area (Å²) in [6, 6.07) is -0.164. The van der Waals surface area contributed by atoms with Gasteiger partial charge >= 0.3 is 5.97 Å². The standard InChI is InChI=1S/C8H13NO2.ClH/c10-8(11)7-5-6-1-3-9(7)4-2-6;/h6-7H,1-5H2,(H,10,11);1H/t7-;/m0./s1. The molecule has 0 saturated carbocycles. The average Bonchev–Trinajstić information content (AvgIpc) is 2.06. The molecular weight excluding hydrogens is 178 g/mol. The van der Waals surface area contributed by atoms with Crippen LogP contribution >= 0.6 is 12.4 Å². The summed E-state index contributed by atoms with van der Waals surface area (Å²) < 4.78 is 0. The third-order valence-electron chi connectivity index (χ3n) is 2.93. The lowest BCUT2D eigenvalue weighted by Gasteiger charge is -2.43. The molecule has 0 aliphatic carbocycles. The van der Waals surface area contributed by atoms with Gasteiger partial charge in [-0.15, -0.1) is 12.4 Å². The normalized spacial score (nSPS) is 38.8. The summed E-state index contributed by atoms with van der Waals surface area (Å²) in [4.78, 5) is 12.8. The van der Waals surface area contributed by atoms with Gasteiger partial charge in [-0.1, -0.05) is 0 Å². The van der Waals surface area contributed by atoms with Crippen molar-refractivity contribution in [2.75, 3.05) is 13.1 Å². The van der Waals surface area contributed by atoms with Crippen LogP contribution in [0.3, 0.4) is 0 Å². The lowest BCUT2D eigenvalue weighted by molar-refractivity contribution is -0.147. The number of carboxylic acid groups (broad SMARTS) is 1. The molecule has 3 saturated heterocycles. The molecule has 70 valence electrons. The second kappa shape index (κ2) is 3.62. The van der Waals surface area contributed by atoms with Crippen molar-refractivity contribution >= 4 is 18.4 Å². The van der Waals surface area contributed by atoms with E-state index in [0.29, 0.717) is 5.92 Å². The highest BCUT2D eigenvalue weighted by Gasteiger charge is 2.37. The van der Waals surface area contributed by atoms with E-state index in [1.807, 2.05) is 0 Å². The topological polar surface area (TPSA) is 40.5 Å². The second-order valence-corrected chi connectivity index (χ2v) is 3.57. The third-order valence-corrected chi connectivity index (χ3v) is 2.93. The largest absolute Gasteiger partial charge is 0.480 e. The van der Waals surface area contributed by atoms with Crippen LogP contribution in [0.1, 0.15) is 19.3 Å². The number of piperidine rings is 3. The molecule has 3 aliphatic rings. The minimum absolute atomic E-state index is 0. The maximum Gasteiger partial charge on any atom is 0.320 e. The number of hydrogen-bond donors (Lipinski definition) is 1. The van der Waals surface area contributed by atoms with Crippen LogP contribution in [0, 0.1) is 5.92 Å². The first-order valence-corrected chi connectivity index (χ1v) is 4.24. The van der Waals surface area contributed by atoms with Crippen LogP contribution in [0.25, 0.3) is 0 Å². The van der Waals surface area contributed by atoms with E-state index in [9.17, 15) is 4.79 Å². The Bertz CT molecular complexity index is 178. The fraction of sp³-hybridized carbons (Fsp3) is 0.875. The number of aliphatic carboxylic acids is 1. The van der Waals surface area contributed by atoms with E-state index in [4.69, 9.17) is 5.11 Å². The van der Waals surface area contributed by atoms with E-state index < -0.39 is 5.97 Å². The van der Waals surface area contributed by atoms with Crippen molar-refractivity contribution in [2.45, 2.75) is 25.3 Å². The lowest BCUT2D eigenvalue weighted by Crippen LogP contribution is -2.52. The Morgan fingerprint density at radius 2 is 1.92 bits per heavy atom. The van der Waals surface area contributed by atoms with Gasteiger partial charge in [0.2, 0.25) is 0 Å². The Balaban J connectivity index is 0.000000720. The van der Waals surface area contributed by atoms with Crippen LogP contribution in [0.2, 0.25) is 0 Å². The van der Waals surface area contributed by atoms with Crippen molar-refractivity contribution in [2.24, 2.45) is 5.92 Å². The van der Waals surface area contributed by atoms with Crippen molar-refractivity contribution in [1.29, 1.82) is 0 Å². The molecule has 2 bridgehead atoms. The molecule has 1 N–H and O–H groups in total. The van der Waals surface area contributed by atoms with Gasteiger partial charge < -0.3 is 5.11 Å². The van der Waals surface area contributed by atoms with Crippen LogP contribution in [-0.2, 0) is 4.79 Å². The molecule has 4 heteroatoms. The van der Waals surface area contributed by atoms with E-state index in [1.54, 1.807) is 0 Å². The Hall–Kier alpha value is -0.280. The van der Waals surface area contributed by atoms with Crippen LogP contribution in [0.15, 0.2) is 0 Å². The van der Waals surface area contributed by atoms with Gasteiger partial charge in [0, 0.05) is 0 Å². The van der Waals surface area contributed by atoms with E-state index in [0.717, 1.165) is 19.5 Å². The van der Waals surface area contributed by atoms with Crippen molar-refractivity contribution in [1.82, 2.24) is 4.90 Å². The lowest BCUT2D eigenvalue weighted by atomic mass is 9.83. The molecule has 3 aliphatic heterocycles. The number of halogens is 1. The molecule has 3 rings (SSSR count). The molecule has 12 heavy (non-hydrogen) atoms. The molecule has 0 aromatic heterocycles. The van der Waals surface area contributed by atoms with Gasteiger partial charge in [-0.2, -0.15) is 0 Å². The number of fused-ring (bicyclic) bond motifs is 3. The van der Waals surface area contributed by atoms with E-state index in [1.165, 1.54) is 12.8 Å². The molecule has 0 spiro atoms. The van der Waals surface area contributed by atoms with E-state index >= 15 is 0 Å². The number of rotatable bonds is 1. The van der Waals surface area contributed by atoms with Crippen molar-refractivity contribution in [3.8, 4) is 0 Å². The van der Waals surface area contributed by atoms with E-state index in [-0.39, 0.29) is 18.4 Å². The molecule has 3 heterocycles. The zero-order valence-corrected chi connectivity index (χ0v) is 7.72. The molecule has 0 aromatic rings. The molecule has 1 atom stereocenters. The number of hydrogen-bond acceptors (Lipinski definition) is 2. The highest BCUT2D eigenvalue weighted by atomic mass is 35.5. The Kier molecular flexibility index (Phi) is 2.96. The monoisotopic (exact) mass is 191 g/mol. The molecule has 0 amide bonds. The van der Waals surface area contributed by atoms with Crippen LogP contribution < -0.4 is 0 Å². The Labute approximate surface area is 78.2 Å². The first kappa shape index (κ1) is 9.81. The minimum Gasteiger partial charge on any atom is -0.480 e. The summed E-state index contributed by atoms with van der Waals surface area (Å²) in [5.41, 5.74) is 0. The predicted octanol–water partition coefficient (Wildman–Crippen LogP) is 0.977. The molecule has 0 aromatic carbocycles. The van der Waals surface area contributed by atoms with Gasteiger partial charge in [0.15, 0.2) is 0 Å². The fourth-order valence-electron chi connectivity index (χ4n) is 2.22. The average molecular weight is 192 g/mol. The molecule has 3 nitrogen and oxygen atoms in total. The van der Waals surface area contributed by atoms with Gasteiger partial charge in [0.1, 0.15) is 6.04 Å². The smallest absolute Gasteiger partial charge is 0.320 e. The summed E-state index contributed by atoms with van der Waals surface area (Å²) >= 11 is 0. The summed E-state index contributed by atoms with van der Waals surface area (Å²) in [6.45, 7) is 2.00. The third kappa shape index (κ3) is 1.57. The van der Waals surface area contributed by atoms with Crippen molar-refractivity contribution in [3.05, 3.63) is 0 Å². The van der Waals surface area contributed by atoms with Crippen molar-refractivity contribution in [3.63, 3.8) is 0 Å². The second-order valence-electron chi connectivity index (χ2n) is 3.57. The maximum absolute atomic E-state index is 10.7. The number of nitrogens with zero attached hydrogens (tertiary/aromatic N) is 1. The zero-order chi connectivity index (χ0) is 7.84. The van der Waals surface area contributed by atoms with Crippen LogP contribution in [0.5, 0.6) is 0 Å². The number of carboxylic acids is 1. The Morgan fingerprint density at radius 3 is 2.17 bits per heavy atom. The molecular formula is C8H14ClNO2. The highest BCUT2D eigenvalue weighted by molar-refractivity contribution is 5.85. The van der Waals surface area contributed by atoms with Gasteiger partial charge in [0.25, 0.3) is 0 Å². The first-order valence-electron chi connectivity index (χ1n) is 4.24. The molecule has 0 radical (unpaired) electrons. The van der Waals surface area contributed by atoms with Crippen molar-refractivity contribution < 1.29 is 9.90 Å². The highest BCUT2D eigenvalue weighted by Crippen LogP contribution is 2.31. The quantitative estimate of drug-likeness (QED) is 0.672. The predicted molar refractivity (Wildman–Crippen MR) is 47.6 cm³/mol. The number of carbonyl (C=O) groups is 1. The molecule has 0 unspecified atom stereocenters. The Morgan fingerprint density at radius 1 is 1.33 bits per heavy atom. The summed E-state index contributed by atoms with van der Waals surface area (Å²) in [6.07, 6.45) is 3.31. The van der Waals surface area contributed by atoms with Crippen LogP contribution in [0.4, 0.5) is 0 Å². The first-order chi connectivity index (χ1) is 5.27. The van der Waals surface area contributed by atoms with Crippen LogP contribution in [-0.4, -0.2) is 35.1 Å². The minimum atomic E-state index is -0.630. The fourth-order valence-corrected chi connectivity index (χ4v) is 2.22. The van der Waals surface area contributed by atoms with Gasteiger partial charge in [-0.25, -0.2) is 0 Å². The summed E-state index contributed by atoms with van der Waals surface area (Å²) in [5, 5.41) is 8.82. The maximum atomic E-state index is 10.7. The van der Waals surface area contributed by atoms with Gasteiger partial charge in [0.05, 0.1) is 0 Å².